The lowest BCUT2D eigenvalue weighted by atomic mass is 10.1. The molecule has 1 N–H and O–H groups in total. The fourth-order valence-corrected chi connectivity index (χ4v) is 3.44. The van der Waals surface area contributed by atoms with E-state index in [1.165, 1.54) is 15.8 Å². The zero-order valence-corrected chi connectivity index (χ0v) is 18.6. The normalized spacial score (nSPS) is 10.8. The number of nitrogens with one attached hydrogen (secondary N) is 1. The summed E-state index contributed by atoms with van der Waals surface area (Å²) in [5, 5.41) is 22.4. The third kappa shape index (κ3) is 4.36. The van der Waals surface area contributed by atoms with E-state index in [4.69, 9.17) is 0 Å². The lowest BCUT2D eigenvalue weighted by Gasteiger charge is -2.14. The Morgan fingerprint density at radius 3 is 2.53 bits per heavy atom. The van der Waals surface area contributed by atoms with Gasteiger partial charge in [0, 0.05) is 26.2 Å². The largest absolute Gasteiger partial charge is 0.343 e. The van der Waals surface area contributed by atoms with Crippen LogP contribution in [0.3, 0.4) is 0 Å². The molecule has 0 aliphatic heterocycles. The average molecular weight is 439 g/mol. The first-order chi connectivity index (χ1) is 15.1. The number of carbonyl (C=O) groups excluding carboxylic acids is 2. The Labute approximate surface area is 184 Å². The van der Waals surface area contributed by atoms with E-state index < -0.39 is 10.8 Å². The maximum absolute atomic E-state index is 12.9. The predicted octanol–water partition coefficient (Wildman–Crippen LogP) is 2.63. The number of aromatic nitrogens is 4. The summed E-state index contributed by atoms with van der Waals surface area (Å²) in [4.78, 5) is 37.6. The van der Waals surface area contributed by atoms with Gasteiger partial charge in [-0.1, -0.05) is 12.1 Å². The first-order valence-corrected chi connectivity index (χ1v) is 10.00. The highest BCUT2D eigenvalue weighted by Gasteiger charge is 2.23. The first kappa shape index (κ1) is 22.7. The van der Waals surface area contributed by atoms with Crippen LogP contribution >= 0.6 is 0 Å². The second kappa shape index (κ2) is 9.00. The molecule has 0 aliphatic rings. The van der Waals surface area contributed by atoms with E-state index in [1.807, 2.05) is 13.0 Å². The maximum atomic E-state index is 12.9. The molecule has 168 valence electrons. The van der Waals surface area contributed by atoms with E-state index in [1.54, 1.807) is 50.8 Å². The Kier molecular flexibility index (Phi) is 6.37. The highest BCUT2D eigenvalue weighted by molar-refractivity contribution is 6.08. The van der Waals surface area contributed by atoms with Gasteiger partial charge in [-0.2, -0.15) is 10.2 Å². The van der Waals surface area contributed by atoms with Crippen molar-refractivity contribution in [3.05, 3.63) is 68.8 Å². The lowest BCUT2D eigenvalue weighted by molar-refractivity contribution is -0.386. The molecular weight excluding hydrogens is 414 g/mol. The summed E-state index contributed by atoms with van der Waals surface area (Å²) in [7, 11) is 3.27. The highest BCUT2D eigenvalue weighted by atomic mass is 16.6. The van der Waals surface area contributed by atoms with Crippen molar-refractivity contribution in [2.75, 3.05) is 19.4 Å². The minimum atomic E-state index is -0.443. The van der Waals surface area contributed by atoms with Crippen LogP contribution in [-0.2, 0) is 13.1 Å². The molecule has 0 spiro atoms. The third-order valence-electron chi connectivity index (χ3n) is 5.04. The summed E-state index contributed by atoms with van der Waals surface area (Å²) in [6, 6.07) is 6.89. The summed E-state index contributed by atoms with van der Waals surface area (Å²) >= 11 is 0. The molecule has 0 aliphatic carbocycles. The topological polar surface area (TPSA) is 128 Å². The van der Waals surface area contributed by atoms with Crippen molar-refractivity contribution in [1.29, 1.82) is 0 Å². The molecule has 2 aromatic heterocycles. The summed E-state index contributed by atoms with van der Waals surface area (Å²) in [5.41, 5.74) is 2.55. The van der Waals surface area contributed by atoms with Gasteiger partial charge < -0.3 is 10.2 Å². The van der Waals surface area contributed by atoms with E-state index >= 15 is 0 Å². The van der Waals surface area contributed by atoms with Gasteiger partial charge in [-0.25, -0.2) is 0 Å². The lowest BCUT2D eigenvalue weighted by Crippen LogP contribution is -2.26. The van der Waals surface area contributed by atoms with Crippen LogP contribution in [0.25, 0.3) is 0 Å². The zero-order chi connectivity index (χ0) is 23.6. The SMILES string of the molecule is CCn1ncc(NC(=O)c2cccc(Cn3nc(C)c([N+](=O)[O-])c3C)c2)c1C(=O)N(C)C. The van der Waals surface area contributed by atoms with Gasteiger partial charge in [-0.05, 0) is 38.5 Å². The summed E-state index contributed by atoms with van der Waals surface area (Å²) in [6.07, 6.45) is 1.46. The van der Waals surface area contributed by atoms with Gasteiger partial charge in [0.15, 0.2) is 0 Å². The van der Waals surface area contributed by atoms with Crippen LogP contribution in [0, 0.1) is 24.0 Å². The molecule has 2 amide bonds. The standard InChI is InChI=1S/C21H25N7O4/c1-6-26-19(21(30)25(4)5)17(11-22-26)23-20(29)16-9-7-8-15(10-16)12-27-14(3)18(28(31)32)13(2)24-27/h7-11H,6,12H2,1-5H3,(H,23,29). The molecule has 0 unspecified atom stereocenters. The Balaban J connectivity index is 1.85. The monoisotopic (exact) mass is 439 g/mol. The van der Waals surface area contributed by atoms with Crippen LogP contribution < -0.4 is 5.32 Å². The fraction of sp³-hybridized carbons (Fsp3) is 0.333. The molecule has 2 heterocycles. The Morgan fingerprint density at radius 2 is 1.94 bits per heavy atom. The number of aryl methyl sites for hydroxylation is 2. The second-order valence-corrected chi connectivity index (χ2v) is 7.51. The summed E-state index contributed by atoms with van der Waals surface area (Å²) in [6.45, 7) is 5.85. The average Bonchev–Trinajstić information content (AvgIpc) is 3.27. The molecule has 3 aromatic rings. The number of anilines is 1. The quantitative estimate of drug-likeness (QED) is 0.445. The van der Waals surface area contributed by atoms with Gasteiger partial charge in [-0.3, -0.25) is 29.1 Å². The minimum Gasteiger partial charge on any atom is -0.343 e. The van der Waals surface area contributed by atoms with Crippen LogP contribution in [0.15, 0.2) is 30.5 Å². The number of carbonyl (C=O) groups is 2. The second-order valence-electron chi connectivity index (χ2n) is 7.51. The van der Waals surface area contributed by atoms with Crippen LogP contribution in [0.4, 0.5) is 11.4 Å². The van der Waals surface area contributed by atoms with Gasteiger partial charge in [0.05, 0.1) is 23.4 Å². The fourth-order valence-electron chi connectivity index (χ4n) is 3.44. The molecule has 11 nitrogen and oxygen atoms in total. The van der Waals surface area contributed by atoms with E-state index in [0.717, 1.165) is 5.56 Å². The number of rotatable bonds is 7. The van der Waals surface area contributed by atoms with Gasteiger partial charge in [-0.15, -0.1) is 0 Å². The number of hydrogen-bond acceptors (Lipinski definition) is 6. The van der Waals surface area contributed by atoms with E-state index in [0.29, 0.717) is 34.9 Å². The van der Waals surface area contributed by atoms with Crippen molar-refractivity contribution in [3.63, 3.8) is 0 Å². The number of amides is 2. The van der Waals surface area contributed by atoms with Crippen LogP contribution in [0.1, 0.15) is 44.7 Å². The molecule has 32 heavy (non-hydrogen) atoms. The van der Waals surface area contributed by atoms with E-state index in [-0.39, 0.29) is 18.1 Å². The number of nitro groups is 1. The zero-order valence-electron chi connectivity index (χ0n) is 18.6. The molecule has 11 heteroatoms. The molecule has 1 aromatic carbocycles. The van der Waals surface area contributed by atoms with Crippen LogP contribution in [0.2, 0.25) is 0 Å². The van der Waals surface area contributed by atoms with Gasteiger partial charge in [0.1, 0.15) is 17.1 Å². The molecule has 3 rings (SSSR count). The van der Waals surface area contributed by atoms with Crippen molar-refractivity contribution in [2.45, 2.75) is 33.9 Å². The Hall–Kier alpha value is -4.02. The van der Waals surface area contributed by atoms with E-state index in [2.05, 4.69) is 15.5 Å². The van der Waals surface area contributed by atoms with E-state index in [9.17, 15) is 19.7 Å². The van der Waals surface area contributed by atoms with Crippen LogP contribution in [-0.4, -0.2) is 55.3 Å². The Bertz CT molecular complexity index is 1190. The van der Waals surface area contributed by atoms with Gasteiger partial charge in [0.2, 0.25) is 0 Å². The predicted molar refractivity (Wildman–Crippen MR) is 118 cm³/mol. The van der Waals surface area contributed by atoms with Gasteiger partial charge >= 0.3 is 5.69 Å². The molecule has 0 atom stereocenters. The summed E-state index contributed by atoms with van der Waals surface area (Å²) in [5.74, 6) is -0.658. The Morgan fingerprint density at radius 1 is 1.22 bits per heavy atom. The number of hydrogen-bond donors (Lipinski definition) is 1. The third-order valence-corrected chi connectivity index (χ3v) is 5.04. The van der Waals surface area contributed by atoms with Crippen molar-refractivity contribution in [3.8, 4) is 0 Å². The maximum Gasteiger partial charge on any atom is 0.312 e. The molecule has 0 bridgehead atoms. The number of benzene rings is 1. The van der Waals surface area contributed by atoms with Crippen molar-refractivity contribution in [2.24, 2.45) is 0 Å². The van der Waals surface area contributed by atoms with Crippen molar-refractivity contribution >= 4 is 23.2 Å². The van der Waals surface area contributed by atoms with Gasteiger partial charge in [0.25, 0.3) is 11.8 Å². The van der Waals surface area contributed by atoms with Crippen molar-refractivity contribution in [1.82, 2.24) is 24.5 Å². The smallest absolute Gasteiger partial charge is 0.312 e. The molecule has 0 fully saturated rings. The minimum absolute atomic E-state index is 0.00933. The first-order valence-electron chi connectivity index (χ1n) is 10.00. The van der Waals surface area contributed by atoms with Crippen molar-refractivity contribution < 1.29 is 14.5 Å². The molecule has 0 saturated heterocycles. The molecular formula is C21H25N7O4. The summed E-state index contributed by atoms with van der Waals surface area (Å²) < 4.78 is 3.08. The number of nitrogens with zero attached hydrogens (tertiary/aromatic N) is 6. The molecule has 0 saturated carbocycles. The molecule has 0 radical (unpaired) electrons. The van der Waals surface area contributed by atoms with Crippen LogP contribution in [0.5, 0.6) is 0 Å². The highest BCUT2D eigenvalue weighted by Crippen LogP contribution is 2.23.